The molecule has 4 rings (SSSR count). The van der Waals surface area contributed by atoms with Crippen LogP contribution in [0.25, 0.3) is 16.5 Å². The summed E-state index contributed by atoms with van der Waals surface area (Å²) in [6.07, 6.45) is 1.53. The number of thiophene rings is 1. The van der Waals surface area contributed by atoms with Gasteiger partial charge in [0.05, 0.1) is 5.56 Å². The molecule has 0 unspecified atom stereocenters. The maximum Gasteiger partial charge on any atom is 0.335 e. The SMILES string of the molecule is O=C(CN1C(=O)N/C(=C\c2ccc(-c3cccc(C(=O)O)c3)s2)C1=O)Nc1ccccc1. The zero-order valence-electron chi connectivity index (χ0n) is 16.6. The molecule has 160 valence electrons. The molecule has 1 saturated heterocycles. The fraction of sp³-hybridized carbons (Fsp3) is 0.0435. The Balaban J connectivity index is 1.47. The van der Waals surface area contributed by atoms with Crippen molar-refractivity contribution in [2.75, 3.05) is 11.9 Å². The molecule has 1 aliphatic heterocycles. The van der Waals surface area contributed by atoms with Crippen LogP contribution in [0.15, 0.2) is 72.4 Å². The van der Waals surface area contributed by atoms with Gasteiger partial charge in [0.2, 0.25) is 5.91 Å². The van der Waals surface area contributed by atoms with Crippen molar-refractivity contribution in [3.8, 4) is 10.4 Å². The average molecular weight is 447 g/mol. The van der Waals surface area contributed by atoms with Gasteiger partial charge in [0, 0.05) is 15.4 Å². The Kier molecular flexibility index (Phi) is 5.82. The van der Waals surface area contributed by atoms with Crippen LogP contribution in [0.1, 0.15) is 15.2 Å². The number of carbonyl (C=O) groups is 4. The summed E-state index contributed by atoms with van der Waals surface area (Å²) in [6.45, 7) is -0.408. The first-order valence-electron chi connectivity index (χ1n) is 9.54. The van der Waals surface area contributed by atoms with E-state index < -0.39 is 30.4 Å². The number of rotatable bonds is 6. The van der Waals surface area contributed by atoms with Gasteiger partial charge in [0.25, 0.3) is 5.91 Å². The number of carboxylic acids is 1. The molecule has 1 aliphatic rings. The number of benzene rings is 2. The van der Waals surface area contributed by atoms with Crippen LogP contribution >= 0.6 is 11.3 Å². The van der Waals surface area contributed by atoms with E-state index in [4.69, 9.17) is 5.11 Å². The summed E-state index contributed by atoms with van der Waals surface area (Å²) in [5.41, 5.74) is 1.55. The number of amides is 4. The number of para-hydroxylation sites is 1. The van der Waals surface area contributed by atoms with E-state index >= 15 is 0 Å². The van der Waals surface area contributed by atoms with Gasteiger partial charge in [-0.2, -0.15) is 0 Å². The van der Waals surface area contributed by atoms with Crippen LogP contribution in [0.5, 0.6) is 0 Å². The van der Waals surface area contributed by atoms with Crippen molar-refractivity contribution in [2.24, 2.45) is 0 Å². The Hall–Kier alpha value is -4.24. The molecule has 8 nitrogen and oxygen atoms in total. The molecule has 2 aromatic carbocycles. The van der Waals surface area contributed by atoms with Crippen LogP contribution in [0.4, 0.5) is 10.5 Å². The lowest BCUT2D eigenvalue weighted by Gasteiger charge is -2.11. The number of anilines is 1. The van der Waals surface area contributed by atoms with Crippen molar-refractivity contribution in [1.29, 1.82) is 0 Å². The van der Waals surface area contributed by atoms with Crippen molar-refractivity contribution in [3.05, 3.63) is 82.9 Å². The highest BCUT2D eigenvalue weighted by atomic mass is 32.1. The lowest BCUT2D eigenvalue weighted by Crippen LogP contribution is -2.38. The van der Waals surface area contributed by atoms with Gasteiger partial charge < -0.3 is 15.7 Å². The molecule has 0 saturated carbocycles. The molecular formula is C23H17N3O5S. The Bertz CT molecular complexity index is 1250. The average Bonchev–Trinajstić information content (AvgIpc) is 3.35. The number of hydrogen-bond donors (Lipinski definition) is 3. The molecule has 3 N–H and O–H groups in total. The fourth-order valence-electron chi connectivity index (χ4n) is 3.11. The predicted octanol–water partition coefficient (Wildman–Crippen LogP) is 3.64. The zero-order chi connectivity index (χ0) is 22.7. The van der Waals surface area contributed by atoms with Crippen LogP contribution in [0, 0.1) is 0 Å². The summed E-state index contributed by atoms with van der Waals surface area (Å²) in [6, 6.07) is 18.2. The molecular weight excluding hydrogens is 430 g/mol. The number of carbonyl (C=O) groups excluding carboxylic acids is 3. The molecule has 3 aromatic rings. The highest BCUT2D eigenvalue weighted by molar-refractivity contribution is 7.16. The molecule has 2 heterocycles. The van der Waals surface area contributed by atoms with Crippen molar-refractivity contribution >= 4 is 46.9 Å². The van der Waals surface area contributed by atoms with E-state index in [-0.39, 0.29) is 11.3 Å². The molecule has 4 amide bonds. The zero-order valence-corrected chi connectivity index (χ0v) is 17.4. The van der Waals surface area contributed by atoms with Crippen LogP contribution in [-0.2, 0) is 9.59 Å². The van der Waals surface area contributed by atoms with Gasteiger partial charge >= 0.3 is 12.0 Å². The third-order valence-electron chi connectivity index (χ3n) is 4.63. The molecule has 0 bridgehead atoms. The highest BCUT2D eigenvalue weighted by Gasteiger charge is 2.35. The number of hydrogen-bond acceptors (Lipinski definition) is 5. The van der Waals surface area contributed by atoms with Gasteiger partial charge in [0.1, 0.15) is 12.2 Å². The topological polar surface area (TPSA) is 116 Å². The minimum Gasteiger partial charge on any atom is -0.478 e. The van der Waals surface area contributed by atoms with Gasteiger partial charge in [-0.25, -0.2) is 14.5 Å². The second-order valence-corrected chi connectivity index (χ2v) is 8.00. The number of aromatic carboxylic acids is 1. The second kappa shape index (κ2) is 8.86. The number of nitrogens with one attached hydrogen (secondary N) is 2. The number of urea groups is 1. The van der Waals surface area contributed by atoms with E-state index in [0.717, 1.165) is 15.3 Å². The molecule has 0 spiro atoms. The van der Waals surface area contributed by atoms with Crippen LogP contribution in [0.2, 0.25) is 0 Å². The number of imide groups is 1. The Labute approximate surface area is 186 Å². The van der Waals surface area contributed by atoms with Crippen molar-refractivity contribution < 1.29 is 24.3 Å². The van der Waals surface area contributed by atoms with Gasteiger partial charge in [-0.05, 0) is 48.0 Å². The molecule has 0 atom stereocenters. The third-order valence-corrected chi connectivity index (χ3v) is 5.71. The predicted molar refractivity (Wildman–Crippen MR) is 120 cm³/mol. The quantitative estimate of drug-likeness (QED) is 0.394. The summed E-state index contributed by atoms with van der Waals surface area (Å²) in [5.74, 6) is -2.10. The van der Waals surface area contributed by atoms with Gasteiger partial charge in [-0.1, -0.05) is 30.3 Å². The molecule has 1 fully saturated rings. The molecule has 0 aliphatic carbocycles. The minimum absolute atomic E-state index is 0.0650. The van der Waals surface area contributed by atoms with E-state index in [0.29, 0.717) is 10.6 Å². The second-order valence-electron chi connectivity index (χ2n) is 6.88. The van der Waals surface area contributed by atoms with E-state index in [1.165, 1.54) is 23.5 Å². The van der Waals surface area contributed by atoms with E-state index in [9.17, 15) is 19.2 Å². The molecule has 9 heteroatoms. The Morgan fingerprint density at radius 3 is 2.56 bits per heavy atom. The van der Waals surface area contributed by atoms with Crippen molar-refractivity contribution in [3.63, 3.8) is 0 Å². The largest absolute Gasteiger partial charge is 0.478 e. The van der Waals surface area contributed by atoms with Gasteiger partial charge in [-0.15, -0.1) is 11.3 Å². The molecule has 0 radical (unpaired) electrons. The summed E-state index contributed by atoms with van der Waals surface area (Å²) in [4.78, 5) is 50.6. The first-order valence-corrected chi connectivity index (χ1v) is 10.4. The van der Waals surface area contributed by atoms with Crippen molar-refractivity contribution in [1.82, 2.24) is 10.2 Å². The van der Waals surface area contributed by atoms with E-state index in [1.54, 1.807) is 48.5 Å². The van der Waals surface area contributed by atoms with E-state index in [2.05, 4.69) is 10.6 Å². The monoisotopic (exact) mass is 447 g/mol. The first-order chi connectivity index (χ1) is 15.4. The smallest absolute Gasteiger partial charge is 0.335 e. The third kappa shape index (κ3) is 4.57. The normalized spacial score (nSPS) is 14.5. The summed E-state index contributed by atoms with van der Waals surface area (Å²) in [5, 5.41) is 14.3. The lowest BCUT2D eigenvalue weighted by molar-refractivity contribution is -0.127. The lowest BCUT2D eigenvalue weighted by atomic mass is 10.1. The van der Waals surface area contributed by atoms with Crippen molar-refractivity contribution in [2.45, 2.75) is 0 Å². The Morgan fingerprint density at radius 1 is 1.03 bits per heavy atom. The first kappa shape index (κ1) is 21.0. The standard InChI is InChI=1S/C23H17N3O5S/c27-20(24-16-7-2-1-3-8-16)13-26-21(28)18(25-23(26)31)12-17-9-10-19(32-17)14-5-4-6-15(11-14)22(29)30/h1-12H,13H2,(H,24,27)(H,25,31)(H,29,30)/b18-12-. The van der Waals surface area contributed by atoms with Gasteiger partial charge in [-0.3, -0.25) is 9.59 Å². The number of nitrogens with zero attached hydrogens (tertiary/aromatic N) is 1. The van der Waals surface area contributed by atoms with Gasteiger partial charge in [0.15, 0.2) is 0 Å². The summed E-state index contributed by atoms with van der Waals surface area (Å²) in [7, 11) is 0. The van der Waals surface area contributed by atoms with Crippen LogP contribution < -0.4 is 10.6 Å². The fourth-order valence-corrected chi connectivity index (χ4v) is 4.06. The summed E-state index contributed by atoms with van der Waals surface area (Å²) >= 11 is 1.34. The van der Waals surface area contributed by atoms with Crippen LogP contribution in [-0.4, -0.2) is 40.4 Å². The van der Waals surface area contributed by atoms with Crippen LogP contribution in [0.3, 0.4) is 0 Å². The highest BCUT2D eigenvalue weighted by Crippen LogP contribution is 2.30. The molecule has 32 heavy (non-hydrogen) atoms. The summed E-state index contributed by atoms with van der Waals surface area (Å²) < 4.78 is 0. The minimum atomic E-state index is -1.01. The molecule has 1 aromatic heterocycles. The maximum atomic E-state index is 12.6. The Morgan fingerprint density at radius 2 is 1.81 bits per heavy atom. The number of carboxylic acid groups (broad SMARTS) is 1. The maximum absolute atomic E-state index is 12.6. The van der Waals surface area contributed by atoms with E-state index in [1.807, 2.05) is 12.1 Å².